The highest BCUT2D eigenvalue weighted by molar-refractivity contribution is 5.78. The fraction of sp³-hybridized carbons (Fsp3) is 0.200. The van der Waals surface area contributed by atoms with Crippen molar-refractivity contribution in [2.75, 3.05) is 0 Å². The second-order valence-corrected chi connectivity index (χ2v) is 3.80. The summed E-state index contributed by atoms with van der Waals surface area (Å²) in [5.41, 5.74) is 1.87. The van der Waals surface area contributed by atoms with Gasteiger partial charge in [-0.3, -0.25) is 4.79 Å². The molecule has 0 unspecified atom stereocenters. The van der Waals surface area contributed by atoms with Crippen molar-refractivity contribution >= 4 is 5.97 Å². The van der Waals surface area contributed by atoms with Gasteiger partial charge in [0.25, 0.3) is 0 Å². The number of hydrogen-bond donors (Lipinski definition) is 0. The molecule has 0 saturated carbocycles. The molecule has 1 rings (SSSR count). The van der Waals surface area contributed by atoms with E-state index in [1.165, 1.54) is 0 Å². The molecule has 0 amide bonds. The topological polar surface area (TPSA) is 26.3 Å². The lowest BCUT2D eigenvalue weighted by Gasteiger charge is -2.14. The summed E-state index contributed by atoms with van der Waals surface area (Å²) in [6.45, 7) is 10.1. The molecule has 17 heavy (non-hydrogen) atoms. The number of ether oxygens (including phenoxy) is 1. The first kappa shape index (κ1) is 15.0. The Morgan fingerprint density at radius 2 is 1.59 bits per heavy atom. The Morgan fingerprint density at radius 3 is 1.88 bits per heavy atom. The first-order chi connectivity index (χ1) is 8.04. The molecular weight excluding hydrogens is 212 g/mol. The minimum atomic E-state index is -0.671. The Labute approximate surface area is 103 Å². The van der Waals surface area contributed by atoms with Crippen molar-refractivity contribution < 1.29 is 9.53 Å². The van der Waals surface area contributed by atoms with Crippen LogP contribution in [0.2, 0.25) is 0 Å². The highest BCUT2D eigenvalue weighted by atomic mass is 16.5. The summed E-state index contributed by atoms with van der Waals surface area (Å²) < 4.78 is 4.59. The van der Waals surface area contributed by atoms with Gasteiger partial charge in [0.05, 0.1) is 11.7 Å². The molecule has 0 aliphatic heterocycles. The maximum absolute atomic E-state index is 11.1. The van der Waals surface area contributed by atoms with Crippen LogP contribution in [0.1, 0.15) is 13.8 Å². The Balaban J connectivity index is 0.000000354. The van der Waals surface area contributed by atoms with Gasteiger partial charge in [0.2, 0.25) is 0 Å². The average molecular weight is 230 g/mol. The summed E-state index contributed by atoms with van der Waals surface area (Å²) in [5.74, 6) is -0.358. The van der Waals surface area contributed by atoms with Gasteiger partial charge in [0.1, 0.15) is 0 Å². The number of benzene rings is 1. The quantitative estimate of drug-likeness (QED) is 0.449. The largest absolute Gasteiger partial charge is 0.434 e. The van der Waals surface area contributed by atoms with Crippen LogP contribution in [0.3, 0.4) is 0 Å². The van der Waals surface area contributed by atoms with Crippen LogP contribution < -0.4 is 0 Å². The van der Waals surface area contributed by atoms with Gasteiger partial charge in [-0.2, -0.15) is 0 Å². The van der Waals surface area contributed by atoms with Gasteiger partial charge in [0, 0.05) is 0 Å². The van der Waals surface area contributed by atoms with Gasteiger partial charge >= 0.3 is 5.97 Å². The third-order valence-electron chi connectivity index (χ3n) is 1.85. The molecule has 2 nitrogen and oxygen atoms in total. The van der Waals surface area contributed by atoms with Crippen molar-refractivity contribution in [1.82, 2.24) is 0 Å². The molecule has 0 saturated heterocycles. The van der Waals surface area contributed by atoms with Crippen molar-refractivity contribution in [2.45, 2.75) is 13.8 Å². The summed E-state index contributed by atoms with van der Waals surface area (Å²) in [6, 6.07) is 12.0. The summed E-state index contributed by atoms with van der Waals surface area (Å²) in [7, 11) is 0. The normalized spacial score (nSPS) is 9.06. The van der Waals surface area contributed by atoms with Crippen LogP contribution in [0.5, 0.6) is 0 Å². The average Bonchev–Trinajstić information content (AvgIpc) is 2.32. The molecule has 0 spiro atoms. The third-order valence-corrected chi connectivity index (χ3v) is 1.85. The van der Waals surface area contributed by atoms with Crippen molar-refractivity contribution in [1.29, 1.82) is 0 Å². The lowest BCUT2D eigenvalue weighted by molar-refractivity contribution is -0.145. The minimum Gasteiger partial charge on any atom is -0.434 e. The van der Waals surface area contributed by atoms with Crippen molar-refractivity contribution in [3.63, 3.8) is 0 Å². The van der Waals surface area contributed by atoms with E-state index in [1.807, 2.05) is 36.4 Å². The van der Waals surface area contributed by atoms with E-state index in [1.54, 1.807) is 19.9 Å². The molecule has 0 aliphatic rings. The van der Waals surface area contributed by atoms with E-state index in [-0.39, 0.29) is 5.97 Å². The van der Waals surface area contributed by atoms with Crippen LogP contribution in [0.15, 0.2) is 67.6 Å². The van der Waals surface area contributed by atoms with Crippen LogP contribution in [0.25, 0.3) is 0 Å². The van der Waals surface area contributed by atoms with E-state index in [0.29, 0.717) is 0 Å². The van der Waals surface area contributed by atoms with Gasteiger partial charge in [-0.1, -0.05) is 49.6 Å². The van der Waals surface area contributed by atoms with Crippen LogP contribution in [0.4, 0.5) is 0 Å². The fourth-order valence-electron chi connectivity index (χ4n) is 0.927. The number of carbonyl (C=O) groups is 1. The number of rotatable bonds is 3. The first-order valence-corrected chi connectivity index (χ1v) is 5.23. The fourth-order valence-corrected chi connectivity index (χ4v) is 0.927. The van der Waals surface area contributed by atoms with Gasteiger partial charge in [-0.25, -0.2) is 0 Å². The van der Waals surface area contributed by atoms with Crippen LogP contribution >= 0.6 is 0 Å². The number of hydrogen-bond acceptors (Lipinski definition) is 2. The molecular formula is C15H18O2. The molecule has 90 valence electrons. The van der Waals surface area contributed by atoms with E-state index in [4.69, 9.17) is 0 Å². The van der Waals surface area contributed by atoms with Crippen LogP contribution in [0, 0.1) is 5.41 Å². The smallest absolute Gasteiger partial charge is 0.320 e. The van der Waals surface area contributed by atoms with Gasteiger partial charge in [-0.05, 0) is 19.9 Å². The Morgan fingerprint density at radius 1 is 1.18 bits per heavy atom. The highest BCUT2D eigenvalue weighted by Gasteiger charge is 2.25. The maximum Gasteiger partial charge on any atom is 0.320 e. The predicted molar refractivity (Wildman–Crippen MR) is 70.2 cm³/mol. The second kappa shape index (κ2) is 8.14. The molecule has 0 radical (unpaired) electrons. The molecule has 2 heteroatoms. The highest BCUT2D eigenvalue weighted by Crippen LogP contribution is 2.18. The first-order valence-electron chi connectivity index (χ1n) is 5.23. The SMILES string of the molecule is C=C=CC(C)(C)C(=O)OC=C.c1ccccc1. The molecule has 0 fully saturated rings. The zero-order chi connectivity index (χ0) is 13.1. The zero-order valence-corrected chi connectivity index (χ0v) is 10.3. The number of carbonyl (C=O) groups excluding carboxylic acids is 1. The molecule has 0 heterocycles. The Kier molecular flexibility index (Phi) is 7.16. The van der Waals surface area contributed by atoms with E-state index in [2.05, 4.69) is 23.6 Å². The zero-order valence-electron chi connectivity index (χ0n) is 10.3. The van der Waals surface area contributed by atoms with E-state index in [0.717, 1.165) is 6.26 Å². The van der Waals surface area contributed by atoms with E-state index in [9.17, 15) is 4.79 Å². The molecule has 1 aromatic carbocycles. The maximum atomic E-state index is 11.1. The number of esters is 1. The third kappa shape index (κ3) is 6.93. The van der Waals surface area contributed by atoms with Crippen molar-refractivity contribution in [3.05, 3.63) is 67.6 Å². The van der Waals surface area contributed by atoms with E-state index >= 15 is 0 Å². The van der Waals surface area contributed by atoms with Crippen molar-refractivity contribution in [2.24, 2.45) is 5.41 Å². The van der Waals surface area contributed by atoms with E-state index < -0.39 is 5.41 Å². The Hall–Kier alpha value is -2.05. The summed E-state index contributed by atoms with van der Waals surface area (Å²) in [4.78, 5) is 11.1. The minimum absolute atomic E-state index is 0.358. The summed E-state index contributed by atoms with van der Waals surface area (Å²) in [6.07, 6.45) is 2.67. The van der Waals surface area contributed by atoms with Gasteiger partial charge in [0.15, 0.2) is 0 Å². The lowest BCUT2D eigenvalue weighted by Crippen LogP contribution is -2.22. The molecule has 0 aliphatic carbocycles. The van der Waals surface area contributed by atoms with Crippen LogP contribution in [-0.2, 0) is 9.53 Å². The molecule has 0 aromatic heterocycles. The summed E-state index contributed by atoms with van der Waals surface area (Å²) >= 11 is 0. The summed E-state index contributed by atoms with van der Waals surface area (Å²) in [5, 5.41) is 0. The van der Waals surface area contributed by atoms with Gasteiger partial charge in [-0.15, -0.1) is 5.73 Å². The molecule has 0 atom stereocenters. The molecule has 0 bridgehead atoms. The second-order valence-electron chi connectivity index (χ2n) is 3.80. The standard InChI is InChI=1S/C9H12O2.C6H6/c1-5-7-9(3,4)8(10)11-6-2;1-2-4-6-5-3-1/h6-7H,1-2H2,3-4H3;1-6H. The van der Waals surface area contributed by atoms with Crippen molar-refractivity contribution in [3.8, 4) is 0 Å². The predicted octanol–water partition coefficient (Wildman–Crippen LogP) is 3.73. The monoisotopic (exact) mass is 230 g/mol. The molecule has 0 N–H and O–H groups in total. The molecule has 1 aromatic rings. The lowest BCUT2D eigenvalue weighted by atomic mass is 9.94. The van der Waals surface area contributed by atoms with Crippen LogP contribution in [-0.4, -0.2) is 5.97 Å². The van der Waals surface area contributed by atoms with Gasteiger partial charge < -0.3 is 4.74 Å². The Bertz CT molecular complexity index is 358.